The van der Waals surface area contributed by atoms with E-state index in [0.717, 1.165) is 11.1 Å². The van der Waals surface area contributed by atoms with Crippen molar-refractivity contribution in [1.29, 1.82) is 0 Å². The Hall–Kier alpha value is -3.67. The molecule has 0 aliphatic heterocycles. The normalized spacial score (nSPS) is 10.7. The molecule has 4 aromatic rings. The van der Waals surface area contributed by atoms with Gasteiger partial charge in [0, 0.05) is 23.6 Å². The molecule has 0 spiro atoms. The number of oxazole rings is 1. The molecule has 2 aromatic heterocycles. The Morgan fingerprint density at radius 2 is 1.93 bits per heavy atom. The van der Waals surface area contributed by atoms with Gasteiger partial charge in [-0.3, -0.25) is 9.78 Å². The number of hydrogen-bond acceptors (Lipinski definition) is 5. The van der Waals surface area contributed by atoms with Crippen LogP contribution < -0.4 is 10.1 Å². The lowest BCUT2D eigenvalue weighted by Gasteiger charge is -2.11. The van der Waals surface area contributed by atoms with E-state index in [1.807, 2.05) is 31.2 Å². The summed E-state index contributed by atoms with van der Waals surface area (Å²) in [7, 11) is 1.56. The van der Waals surface area contributed by atoms with Crippen LogP contribution in [0.4, 0.5) is 5.69 Å². The van der Waals surface area contributed by atoms with E-state index in [0.29, 0.717) is 34.0 Å². The fourth-order valence-electron chi connectivity index (χ4n) is 2.92. The van der Waals surface area contributed by atoms with Crippen molar-refractivity contribution in [2.45, 2.75) is 6.92 Å². The number of fused-ring (bicyclic) bond motifs is 1. The topological polar surface area (TPSA) is 77.2 Å². The highest BCUT2D eigenvalue weighted by atomic mass is 16.5. The number of carbonyl (C=O) groups is 1. The summed E-state index contributed by atoms with van der Waals surface area (Å²) < 4.78 is 11.1. The van der Waals surface area contributed by atoms with Gasteiger partial charge in [-0.25, -0.2) is 4.98 Å². The zero-order valence-electron chi connectivity index (χ0n) is 14.9. The summed E-state index contributed by atoms with van der Waals surface area (Å²) in [5, 5.41) is 2.89. The van der Waals surface area contributed by atoms with Gasteiger partial charge >= 0.3 is 0 Å². The summed E-state index contributed by atoms with van der Waals surface area (Å²) in [5.74, 6) is 0.835. The van der Waals surface area contributed by atoms with Crippen molar-refractivity contribution < 1.29 is 13.9 Å². The van der Waals surface area contributed by atoms with Gasteiger partial charge in [-0.15, -0.1) is 0 Å². The van der Waals surface area contributed by atoms with Crippen LogP contribution in [0.15, 0.2) is 65.3 Å². The number of amides is 1. The number of aromatic nitrogens is 2. The van der Waals surface area contributed by atoms with Gasteiger partial charge in [-0.05, 0) is 48.9 Å². The number of anilines is 1. The van der Waals surface area contributed by atoms with Crippen LogP contribution in [0.2, 0.25) is 0 Å². The summed E-state index contributed by atoms with van der Waals surface area (Å²) in [4.78, 5) is 21.2. The smallest absolute Gasteiger partial charge is 0.259 e. The van der Waals surface area contributed by atoms with Crippen LogP contribution in [0, 0.1) is 6.92 Å². The molecule has 1 amide bonds. The Morgan fingerprint density at radius 1 is 1.11 bits per heavy atom. The number of methoxy groups -OCH3 is 1. The standard InChI is InChI=1S/C21H17N3O3/c1-13-4-3-5-16(19(13)26-2)20(25)23-15-6-7-18-17(12-15)24-21(27-18)14-8-10-22-11-9-14/h3-12H,1-2H3,(H,23,25). The first-order chi connectivity index (χ1) is 13.2. The number of hydrogen-bond donors (Lipinski definition) is 1. The Bertz CT molecular complexity index is 1120. The van der Waals surface area contributed by atoms with Crippen LogP contribution in [-0.2, 0) is 0 Å². The maximum Gasteiger partial charge on any atom is 0.259 e. The van der Waals surface area contributed by atoms with Gasteiger partial charge in [-0.2, -0.15) is 0 Å². The molecule has 0 radical (unpaired) electrons. The molecular formula is C21H17N3O3. The Kier molecular flexibility index (Phi) is 4.30. The van der Waals surface area contributed by atoms with Gasteiger partial charge < -0.3 is 14.5 Å². The predicted molar refractivity (Wildman–Crippen MR) is 103 cm³/mol. The van der Waals surface area contributed by atoms with E-state index in [1.54, 1.807) is 43.8 Å². The third kappa shape index (κ3) is 3.25. The van der Waals surface area contributed by atoms with Gasteiger partial charge in [-0.1, -0.05) is 12.1 Å². The lowest BCUT2D eigenvalue weighted by molar-refractivity contribution is 0.102. The molecule has 0 aliphatic rings. The molecule has 1 N–H and O–H groups in total. The second-order valence-electron chi connectivity index (χ2n) is 6.05. The molecule has 0 fully saturated rings. The molecule has 4 rings (SSSR count). The zero-order chi connectivity index (χ0) is 18.8. The summed E-state index contributed by atoms with van der Waals surface area (Å²) >= 11 is 0. The number of nitrogens with one attached hydrogen (secondary N) is 1. The molecule has 2 aromatic carbocycles. The lowest BCUT2D eigenvalue weighted by Crippen LogP contribution is -2.13. The first kappa shape index (κ1) is 16.8. The molecular weight excluding hydrogens is 342 g/mol. The van der Waals surface area contributed by atoms with Gasteiger partial charge in [0.15, 0.2) is 5.58 Å². The van der Waals surface area contributed by atoms with E-state index >= 15 is 0 Å². The van der Waals surface area contributed by atoms with Crippen molar-refractivity contribution in [3.63, 3.8) is 0 Å². The van der Waals surface area contributed by atoms with E-state index in [2.05, 4.69) is 15.3 Å². The maximum atomic E-state index is 12.7. The van der Waals surface area contributed by atoms with E-state index in [-0.39, 0.29) is 5.91 Å². The van der Waals surface area contributed by atoms with Crippen LogP contribution in [0.5, 0.6) is 5.75 Å². The Morgan fingerprint density at radius 3 is 2.70 bits per heavy atom. The fourth-order valence-corrected chi connectivity index (χ4v) is 2.92. The number of rotatable bonds is 4. The van der Waals surface area contributed by atoms with Crippen molar-refractivity contribution in [1.82, 2.24) is 9.97 Å². The second kappa shape index (κ2) is 6.92. The molecule has 0 aliphatic carbocycles. The fraction of sp³-hybridized carbons (Fsp3) is 0.0952. The molecule has 0 unspecified atom stereocenters. The van der Waals surface area contributed by atoms with E-state index in [1.165, 1.54) is 0 Å². The first-order valence-corrected chi connectivity index (χ1v) is 8.41. The van der Waals surface area contributed by atoms with Crippen molar-refractivity contribution in [2.75, 3.05) is 12.4 Å². The Labute approximate surface area is 155 Å². The average molecular weight is 359 g/mol. The molecule has 6 heteroatoms. The Balaban J connectivity index is 1.63. The minimum atomic E-state index is -0.243. The van der Waals surface area contributed by atoms with E-state index < -0.39 is 0 Å². The molecule has 2 heterocycles. The third-order valence-corrected chi connectivity index (χ3v) is 4.23. The minimum Gasteiger partial charge on any atom is -0.496 e. The number of carbonyl (C=O) groups excluding carboxylic acids is 1. The molecule has 0 bridgehead atoms. The number of nitrogens with zero attached hydrogens (tertiary/aromatic N) is 2. The molecule has 0 saturated carbocycles. The van der Waals surface area contributed by atoms with Gasteiger partial charge in [0.25, 0.3) is 5.91 Å². The number of para-hydroxylation sites is 1. The number of pyridine rings is 1. The van der Waals surface area contributed by atoms with Gasteiger partial charge in [0.05, 0.1) is 12.7 Å². The minimum absolute atomic E-state index is 0.243. The highest BCUT2D eigenvalue weighted by molar-refractivity contribution is 6.07. The zero-order valence-corrected chi connectivity index (χ0v) is 14.9. The summed E-state index contributed by atoms with van der Waals surface area (Å²) in [6.07, 6.45) is 3.37. The van der Waals surface area contributed by atoms with Crippen LogP contribution in [0.1, 0.15) is 15.9 Å². The lowest BCUT2D eigenvalue weighted by atomic mass is 10.1. The third-order valence-electron chi connectivity index (χ3n) is 4.23. The van der Waals surface area contributed by atoms with Crippen molar-refractivity contribution in [3.8, 4) is 17.2 Å². The van der Waals surface area contributed by atoms with Crippen LogP contribution in [0.3, 0.4) is 0 Å². The molecule has 27 heavy (non-hydrogen) atoms. The highest BCUT2D eigenvalue weighted by Crippen LogP contribution is 2.27. The monoisotopic (exact) mass is 359 g/mol. The maximum absolute atomic E-state index is 12.7. The molecule has 134 valence electrons. The molecule has 0 saturated heterocycles. The number of ether oxygens (including phenoxy) is 1. The van der Waals surface area contributed by atoms with E-state index in [9.17, 15) is 4.79 Å². The quantitative estimate of drug-likeness (QED) is 0.582. The van der Waals surface area contributed by atoms with Crippen molar-refractivity contribution in [3.05, 3.63) is 72.1 Å². The van der Waals surface area contributed by atoms with Crippen LogP contribution >= 0.6 is 0 Å². The highest BCUT2D eigenvalue weighted by Gasteiger charge is 2.15. The number of benzene rings is 2. The summed E-state index contributed by atoms with van der Waals surface area (Å²) in [6, 6.07) is 14.5. The summed E-state index contributed by atoms with van der Waals surface area (Å²) in [6.45, 7) is 1.90. The summed E-state index contributed by atoms with van der Waals surface area (Å²) in [5.41, 5.74) is 4.17. The van der Waals surface area contributed by atoms with Gasteiger partial charge in [0.2, 0.25) is 5.89 Å². The SMILES string of the molecule is COc1c(C)cccc1C(=O)Nc1ccc2oc(-c3ccncc3)nc2c1. The molecule has 0 atom stereocenters. The average Bonchev–Trinajstić information content (AvgIpc) is 3.12. The molecule has 6 nitrogen and oxygen atoms in total. The first-order valence-electron chi connectivity index (χ1n) is 8.41. The van der Waals surface area contributed by atoms with Crippen molar-refractivity contribution >= 4 is 22.7 Å². The number of aryl methyl sites for hydroxylation is 1. The van der Waals surface area contributed by atoms with E-state index in [4.69, 9.17) is 9.15 Å². The van der Waals surface area contributed by atoms with Crippen LogP contribution in [0.25, 0.3) is 22.6 Å². The predicted octanol–water partition coefficient (Wildman–Crippen LogP) is 4.46. The second-order valence-corrected chi connectivity index (χ2v) is 6.05. The van der Waals surface area contributed by atoms with Gasteiger partial charge in [0.1, 0.15) is 11.3 Å². The van der Waals surface area contributed by atoms with Crippen molar-refractivity contribution in [2.24, 2.45) is 0 Å². The largest absolute Gasteiger partial charge is 0.496 e. The van der Waals surface area contributed by atoms with Crippen LogP contribution in [-0.4, -0.2) is 23.0 Å².